The van der Waals surface area contributed by atoms with Gasteiger partial charge < -0.3 is 4.74 Å². The van der Waals surface area contributed by atoms with Crippen molar-refractivity contribution in [3.05, 3.63) is 30.6 Å². The minimum Gasteiger partial charge on any atom is -0.381 e. The highest BCUT2D eigenvalue weighted by molar-refractivity contribution is 4.88. The van der Waals surface area contributed by atoms with E-state index in [1.807, 2.05) is 18.2 Å². The van der Waals surface area contributed by atoms with Gasteiger partial charge >= 0.3 is 0 Å². The smallest absolute Gasteiger partial charge is 0.0466 e. The van der Waals surface area contributed by atoms with Crippen molar-refractivity contribution < 1.29 is 4.74 Å². The second kappa shape index (κ2) is 5.86. The first-order chi connectivity index (χ1) is 5.50. The summed E-state index contributed by atoms with van der Waals surface area (Å²) < 4.78 is 4.94. The lowest BCUT2D eigenvalue weighted by atomic mass is 10.4. The largest absolute Gasteiger partial charge is 0.381 e. The first-order valence-corrected chi connectivity index (χ1v) is 3.93. The molecule has 0 aliphatic carbocycles. The van der Waals surface area contributed by atoms with E-state index in [1.54, 1.807) is 12.4 Å². The predicted octanol–water partition coefficient (Wildman–Crippen LogP) is 1.88. The van der Waals surface area contributed by atoms with Crippen LogP contribution in [0.1, 0.15) is 12.8 Å². The first-order valence-electron chi connectivity index (χ1n) is 3.93. The van der Waals surface area contributed by atoms with E-state index in [0.29, 0.717) is 0 Å². The van der Waals surface area contributed by atoms with Crippen LogP contribution in [-0.4, -0.2) is 18.2 Å². The first kappa shape index (κ1) is 8.21. The fraction of sp³-hybridized carbons (Fsp3) is 0.444. The molecule has 0 atom stereocenters. The molecule has 0 saturated carbocycles. The summed E-state index contributed by atoms with van der Waals surface area (Å²) in [5.74, 6) is 0. The monoisotopic (exact) mass is 151 g/mol. The van der Waals surface area contributed by atoms with Crippen LogP contribution in [0, 0.1) is 0 Å². The second-order valence-electron chi connectivity index (χ2n) is 2.34. The molecule has 2 nitrogen and oxygen atoms in total. The zero-order chi connectivity index (χ0) is 7.78. The summed E-state index contributed by atoms with van der Waals surface area (Å²) in [5.41, 5.74) is 0. The van der Waals surface area contributed by atoms with Gasteiger partial charge in [-0.1, -0.05) is 6.07 Å². The fourth-order valence-electron chi connectivity index (χ4n) is 0.823. The Kier molecular flexibility index (Phi) is 4.37. The Balaban J connectivity index is 0.000000112. The van der Waals surface area contributed by atoms with Crippen LogP contribution in [0.3, 0.4) is 0 Å². The Morgan fingerprint density at radius 3 is 1.73 bits per heavy atom. The second-order valence-corrected chi connectivity index (χ2v) is 2.34. The molecule has 1 saturated heterocycles. The molecular formula is C9H13NO. The van der Waals surface area contributed by atoms with Gasteiger partial charge in [-0.05, 0) is 25.0 Å². The third-order valence-corrected chi connectivity index (χ3v) is 1.39. The summed E-state index contributed by atoms with van der Waals surface area (Å²) in [7, 11) is 0. The zero-order valence-electron chi connectivity index (χ0n) is 6.57. The zero-order valence-corrected chi connectivity index (χ0v) is 6.57. The highest BCUT2D eigenvalue weighted by atomic mass is 16.5. The summed E-state index contributed by atoms with van der Waals surface area (Å²) in [6.45, 7) is 2.00. The van der Waals surface area contributed by atoms with Gasteiger partial charge in [-0.2, -0.15) is 0 Å². The quantitative estimate of drug-likeness (QED) is 0.564. The van der Waals surface area contributed by atoms with Crippen LogP contribution in [-0.2, 0) is 4.74 Å². The van der Waals surface area contributed by atoms with E-state index in [0.717, 1.165) is 13.2 Å². The summed E-state index contributed by atoms with van der Waals surface area (Å²) in [5, 5.41) is 0. The molecule has 2 rings (SSSR count). The Morgan fingerprint density at radius 2 is 1.55 bits per heavy atom. The topological polar surface area (TPSA) is 22.1 Å². The van der Waals surface area contributed by atoms with Crippen molar-refractivity contribution in [2.24, 2.45) is 0 Å². The van der Waals surface area contributed by atoms with E-state index in [2.05, 4.69) is 4.98 Å². The molecule has 2 heterocycles. The van der Waals surface area contributed by atoms with Crippen molar-refractivity contribution in [1.82, 2.24) is 4.98 Å². The van der Waals surface area contributed by atoms with Gasteiger partial charge in [-0.15, -0.1) is 0 Å². The lowest BCUT2D eigenvalue weighted by molar-refractivity contribution is 0.198. The maximum atomic E-state index is 4.94. The van der Waals surface area contributed by atoms with Crippen molar-refractivity contribution in [1.29, 1.82) is 0 Å². The fourth-order valence-corrected chi connectivity index (χ4v) is 0.823. The van der Waals surface area contributed by atoms with E-state index in [4.69, 9.17) is 4.74 Å². The van der Waals surface area contributed by atoms with Crippen LogP contribution in [0.15, 0.2) is 30.6 Å². The normalized spacial score (nSPS) is 15.3. The maximum Gasteiger partial charge on any atom is 0.0466 e. The Bertz CT molecular complexity index is 126. The van der Waals surface area contributed by atoms with E-state index >= 15 is 0 Å². The van der Waals surface area contributed by atoms with Gasteiger partial charge in [0.1, 0.15) is 0 Å². The van der Waals surface area contributed by atoms with Gasteiger partial charge in [-0.3, -0.25) is 4.98 Å². The Labute approximate surface area is 67.2 Å². The van der Waals surface area contributed by atoms with Gasteiger partial charge in [-0.25, -0.2) is 0 Å². The molecular weight excluding hydrogens is 138 g/mol. The molecule has 0 aromatic carbocycles. The SMILES string of the molecule is C1CCOC1.c1ccncc1. The molecule has 1 aromatic rings. The molecule has 0 spiro atoms. The molecule has 0 radical (unpaired) electrons. The number of nitrogens with zero attached hydrogens (tertiary/aromatic N) is 1. The minimum atomic E-state index is 1.00. The molecule has 0 amide bonds. The number of hydrogen-bond donors (Lipinski definition) is 0. The molecule has 1 aliphatic rings. The van der Waals surface area contributed by atoms with Gasteiger partial charge in [0.15, 0.2) is 0 Å². The number of rotatable bonds is 0. The van der Waals surface area contributed by atoms with Crippen LogP contribution >= 0.6 is 0 Å². The molecule has 1 fully saturated rings. The molecule has 2 heteroatoms. The molecule has 0 N–H and O–H groups in total. The molecule has 11 heavy (non-hydrogen) atoms. The standard InChI is InChI=1S/C5H5N.C4H8O/c1-2-4-6-5-3-1;1-2-4-5-3-1/h1-5H;1-4H2. The highest BCUT2D eigenvalue weighted by Crippen LogP contribution is 1.98. The number of pyridine rings is 1. The highest BCUT2D eigenvalue weighted by Gasteiger charge is 1.94. The predicted molar refractivity (Wildman–Crippen MR) is 44.3 cm³/mol. The van der Waals surface area contributed by atoms with Crippen LogP contribution in [0.2, 0.25) is 0 Å². The number of ether oxygens (including phenoxy) is 1. The Morgan fingerprint density at radius 1 is 0.909 bits per heavy atom. The average molecular weight is 151 g/mol. The molecule has 0 bridgehead atoms. The van der Waals surface area contributed by atoms with Gasteiger partial charge in [0, 0.05) is 25.6 Å². The van der Waals surface area contributed by atoms with Crippen LogP contribution in [0.5, 0.6) is 0 Å². The van der Waals surface area contributed by atoms with Crippen molar-refractivity contribution in [3.63, 3.8) is 0 Å². The number of hydrogen-bond acceptors (Lipinski definition) is 2. The van der Waals surface area contributed by atoms with E-state index in [-0.39, 0.29) is 0 Å². The van der Waals surface area contributed by atoms with Crippen molar-refractivity contribution in [2.75, 3.05) is 13.2 Å². The van der Waals surface area contributed by atoms with Crippen molar-refractivity contribution >= 4 is 0 Å². The van der Waals surface area contributed by atoms with Crippen molar-refractivity contribution in [3.8, 4) is 0 Å². The van der Waals surface area contributed by atoms with Gasteiger partial charge in [0.25, 0.3) is 0 Å². The molecule has 0 unspecified atom stereocenters. The Hall–Kier alpha value is -0.890. The minimum absolute atomic E-state index is 1.00. The lowest BCUT2D eigenvalue weighted by Crippen LogP contribution is -1.74. The summed E-state index contributed by atoms with van der Waals surface area (Å²) >= 11 is 0. The average Bonchev–Trinajstić information content (AvgIpc) is 2.64. The lowest BCUT2D eigenvalue weighted by Gasteiger charge is -1.76. The summed E-state index contributed by atoms with van der Waals surface area (Å²) in [4.78, 5) is 3.78. The van der Waals surface area contributed by atoms with Gasteiger partial charge in [0.2, 0.25) is 0 Å². The molecule has 60 valence electrons. The van der Waals surface area contributed by atoms with Crippen molar-refractivity contribution in [2.45, 2.75) is 12.8 Å². The number of aromatic nitrogens is 1. The van der Waals surface area contributed by atoms with Gasteiger partial charge in [0.05, 0.1) is 0 Å². The molecule has 1 aliphatic heterocycles. The summed E-state index contributed by atoms with van der Waals surface area (Å²) in [6, 6.07) is 5.72. The van der Waals surface area contributed by atoms with Crippen LogP contribution in [0.4, 0.5) is 0 Å². The van der Waals surface area contributed by atoms with E-state index in [1.165, 1.54) is 12.8 Å². The van der Waals surface area contributed by atoms with E-state index in [9.17, 15) is 0 Å². The third kappa shape index (κ3) is 4.51. The van der Waals surface area contributed by atoms with E-state index < -0.39 is 0 Å². The molecule has 1 aromatic heterocycles. The summed E-state index contributed by atoms with van der Waals surface area (Å²) in [6.07, 6.45) is 6.06. The van der Waals surface area contributed by atoms with Crippen LogP contribution in [0.25, 0.3) is 0 Å². The van der Waals surface area contributed by atoms with Crippen LogP contribution < -0.4 is 0 Å². The third-order valence-electron chi connectivity index (χ3n) is 1.39. The maximum absolute atomic E-state index is 4.94.